The fraction of sp³-hybridized carbons (Fsp3) is 0.375. The summed E-state index contributed by atoms with van der Waals surface area (Å²) in [7, 11) is 1.72. The van der Waals surface area contributed by atoms with E-state index in [-0.39, 0.29) is 0 Å². The highest BCUT2D eigenvalue weighted by molar-refractivity contribution is 5.92. The Kier molecular flexibility index (Phi) is 6.62. The van der Waals surface area contributed by atoms with Crippen LogP contribution < -0.4 is 20.3 Å². The summed E-state index contributed by atoms with van der Waals surface area (Å²) >= 11 is 0. The molecule has 1 fully saturated rings. The van der Waals surface area contributed by atoms with Crippen LogP contribution in [0.25, 0.3) is 11.0 Å². The number of nitrogens with two attached hydrogens (primary N) is 1. The first-order valence-corrected chi connectivity index (χ1v) is 10.8. The Hall–Kier alpha value is -3.19. The van der Waals surface area contributed by atoms with Crippen LogP contribution in [0.1, 0.15) is 12.8 Å². The molecule has 1 aliphatic heterocycles. The third-order valence-electron chi connectivity index (χ3n) is 5.85. The minimum Gasteiger partial charge on any atom is -0.495 e. The van der Waals surface area contributed by atoms with Gasteiger partial charge in [-0.3, -0.25) is 9.80 Å². The van der Waals surface area contributed by atoms with E-state index in [2.05, 4.69) is 21.9 Å². The number of furan rings is 1. The Bertz CT molecular complexity index is 978. The van der Waals surface area contributed by atoms with E-state index in [4.69, 9.17) is 14.9 Å². The average molecular weight is 423 g/mol. The van der Waals surface area contributed by atoms with E-state index in [1.165, 1.54) is 4.90 Å². The Morgan fingerprint density at radius 1 is 1.06 bits per heavy atom. The van der Waals surface area contributed by atoms with Crippen molar-refractivity contribution in [3.63, 3.8) is 0 Å². The van der Waals surface area contributed by atoms with Gasteiger partial charge in [-0.05, 0) is 37.6 Å². The third-order valence-corrected chi connectivity index (χ3v) is 5.85. The molecule has 3 aromatic rings. The number of carbonyl (C=O) groups is 1. The maximum absolute atomic E-state index is 12.0. The maximum Gasteiger partial charge on any atom is 0.321 e. The number of methoxy groups -OCH3 is 1. The molecule has 2 amide bonds. The smallest absolute Gasteiger partial charge is 0.321 e. The topological polar surface area (TPSA) is 75.2 Å². The van der Waals surface area contributed by atoms with E-state index in [1.54, 1.807) is 7.11 Å². The molecule has 1 aromatic heterocycles. The molecule has 2 heterocycles. The van der Waals surface area contributed by atoms with Crippen molar-refractivity contribution in [3.8, 4) is 5.75 Å². The molecule has 0 radical (unpaired) electrons. The molecule has 0 unspecified atom stereocenters. The van der Waals surface area contributed by atoms with Gasteiger partial charge in [0.2, 0.25) is 5.88 Å². The summed E-state index contributed by atoms with van der Waals surface area (Å²) in [6.45, 7) is 5.55. The van der Waals surface area contributed by atoms with Gasteiger partial charge in [0.25, 0.3) is 0 Å². The lowest BCUT2D eigenvalue weighted by molar-refractivity contribution is 0.248. The molecule has 4 rings (SSSR count). The Morgan fingerprint density at radius 3 is 2.55 bits per heavy atom. The molecule has 2 N–H and O–H groups in total. The molecule has 31 heavy (non-hydrogen) atoms. The second-order valence-corrected chi connectivity index (χ2v) is 7.82. The van der Waals surface area contributed by atoms with E-state index < -0.39 is 6.03 Å². The number of piperazine rings is 1. The van der Waals surface area contributed by atoms with Gasteiger partial charge in [0.05, 0.1) is 12.8 Å². The van der Waals surface area contributed by atoms with Crippen molar-refractivity contribution < 1.29 is 13.9 Å². The van der Waals surface area contributed by atoms with Crippen LogP contribution in [0, 0.1) is 0 Å². The number of rotatable bonds is 8. The lowest BCUT2D eigenvalue weighted by atomic mass is 10.2. The normalized spacial score (nSPS) is 14.7. The maximum atomic E-state index is 12.0. The van der Waals surface area contributed by atoms with Crippen LogP contribution in [0.2, 0.25) is 0 Å². The fourth-order valence-corrected chi connectivity index (χ4v) is 4.14. The zero-order valence-corrected chi connectivity index (χ0v) is 18.0. The van der Waals surface area contributed by atoms with Crippen LogP contribution in [-0.2, 0) is 0 Å². The molecule has 0 bridgehead atoms. The minimum atomic E-state index is -0.482. The molecule has 164 valence electrons. The molecule has 0 spiro atoms. The first kappa shape index (κ1) is 21.1. The van der Waals surface area contributed by atoms with Gasteiger partial charge in [0.1, 0.15) is 11.3 Å². The molecule has 0 atom stereocenters. The van der Waals surface area contributed by atoms with E-state index in [0.29, 0.717) is 12.4 Å². The quantitative estimate of drug-likeness (QED) is 0.557. The van der Waals surface area contributed by atoms with Gasteiger partial charge in [-0.2, -0.15) is 0 Å². The van der Waals surface area contributed by atoms with Crippen molar-refractivity contribution in [2.24, 2.45) is 5.73 Å². The lowest BCUT2D eigenvalue weighted by Crippen LogP contribution is -2.46. The fourth-order valence-electron chi connectivity index (χ4n) is 4.14. The van der Waals surface area contributed by atoms with Crippen LogP contribution in [0.4, 0.5) is 16.4 Å². The number of unbranched alkanes of at least 4 members (excludes halogenated alkanes) is 1. The molecule has 0 aliphatic carbocycles. The second-order valence-electron chi connectivity index (χ2n) is 7.82. The number of carbonyl (C=O) groups excluding carboxylic acids is 1. The zero-order chi connectivity index (χ0) is 21.6. The Balaban J connectivity index is 1.24. The van der Waals surface area contributed by atoms with Gasteiger partial charge in [0, 0.05) is 44.2 Å². The summed E-state index contributed by atoms with van der Waals surface area (Å²) in [5, 5.41) is 0.969. The van der Waals surface area contributed by atoms with Gasteiger partial charge in [-0.25, -0.2) is 4.79 Å². The van der Waals surface area contributed by atoms with Crippen LogP contribution in [0.15, 0.2) is 59.0 Å². The van der Waals surface area contributed by atoms with Crippen LogP contribution in [0.5, 0.6) is 5.75 Å². The molecule has 7 heteroatoms. The van der Waals surface area contributed by atoms with E-state index in [0.717, 1.165) is 68.0 Å². The van der Waals surface area contributed by atoms with Gasteiger partial charge >= 0.3 is 6.03 Å². The average Bonchev–Trinajstić information content (AvgIpc) is 3.23. The highest BCUT2D eigenvalue weighted by Gasteiger charge is 2.20. The number of nitrogens with zero attached hydrogens (tertiary/aromatic N) is 3. The summed E-state index contributed by atoms with van der Waals surface area (Å²) < 4.78 is 11.3. The number of urea groups is 1. The number of benzene rings is 2. The van der Waals surface area contributed by atoms with Crippen molar-refractivity contribution in [1.29, 1.82) is 0 Å². The minimum absolute atomic E-state index is 0.482. The summed E-state index contributed by atoms with van der Waals surface area (Å²) in [5.74, 6) is 1.44. The number of primary amides is 1. The molecule has 0 saturated carbocycles. The molecule has 2 aromatic carbocycles. The van der Waals surface area contributed by atoms with E-state index in [1.807, 2.05) is 42.5 Å². The van der Waals surface area contributed by atoms with Gasteiger partial charge in [-0.15, -0.1) is 0 Å². The van der Waals surface area contributed by atoms with Crippen LogP contribution >= 0.6 is 0 Å². The number of hydrogen-bond acceptors (Lipinski definition) is 5. The standard InChI is InChI=1S/C24H30N4O3/c1-30-22-11-5-3-9-20(22)27-16-14-26(15-17-27)12-6-7-13-28(24(25)29)23-18-19-8-2-4-10-21(19)31-23/h2-5,8-11,18H,6-7,12-17H2,1H3,(H2,25,29). The SMILES string of the molecule is COc1ccccc1N1CCN(CCCCN(C(N)=O)c2cc3ccccc3o2)CC1. The summed E-state index contributed by atoms with van der Waals surface area (Å²) in [4.78, 5) is 18.3. The number of fused-ring (bicyclic) bond motifs is 1. The number of para-hydroxylation sites is 3. The van der Waals surface area contributed by atoms with Crippen molar-refractivity contribution in [1.82, 2.24) is 4.90 Å². The molecule has 7 nitrogen and oxygen atoms in total. The monoisotopic (exact) mass is 422 g/mol. The highest BCUT2D eigenvalue weighted by Crippen LogP contribution is 2.28. The first-order valence-electron chi connectivity index (χ1n) is 10.8. The van der Waals surface area contributed by atoms with Crippen molar-refractivity contribution in [2.45, 2.75) is 12.8 Å². The largest absolute Gasteiger partial charge is 0.495 e. The summed E-state index contributed by atoms with van der Waals surface area (Å²) in [6, 6.07) is 17.3. The number of amides is 2. The van der Waals surface area contributed by atoms with Crippen molar-refractivity contribution in [2.75, 3.05) is 56.2 Å². The van der Waals surface area contributed by atoms with Crippen LogP contribution in [-0.4, -0.2) is 57.3 Å². The summed E-state index contributed by atoms with van der Waals surface area (Å²) in [6.07, 6.45) is 1.87. The van der Waals surface area contributed by atoms with E-state index >= 15 is 0 Å². The Morgan fingerprint density at radius 2 is 1.81 bits per heavy atom. The second kappa shape index (κ2) is 9.75. The number of ether oxygens (including phenoxy) is 1. The number of anilines is 2. The summed E-state index contributed by atoms with van der Waals surface area (Å²) in [5.41, 5.74) is 7.53. The van der Waals surface area contributed by atoms with Gasteiger partial charge in [-0.1, -0.05) is 30.3 Å². The zero-order valence-electron chi connectivity index (χ0n) is 18.0. The third kappa shape index (κ3) is 4.94. The van der Waals surface area contributed by atoms with Crippen molar-refractivity contribution >= 4 is 28.6 Å². The predicted octanol–water partition coefficient (Wildman–Crippen LogP) is 3.93. The molecular formula is C24H30N4O3. The predicted molar refractivity (Wildman–Crippen MR) is 124 cm³/mol. The van der Waals surface area contributed by atoms with Gasteiger partial charge in [0.15, 0.2) is 0 Å². The van der Waals surface area contributed by atoms with Crippen molar-refractivity contribution in [3.05, 3.63) is 54.6 Å². The molecular weight excluding hydrogens is 392 g/mol. The lowest BCUT2D eigenvalue weighted by Gasteiger charge is -2.36. The molecule has 1 aliphatic rings. The Labute approximate surface area is 183 Å². The molecule has 1 saturated heterocycles. The van der Waals surface area contributed by atoms with E-state index in [9.17, 15) is 4.79 Å². The van der Waals surface area contributed by atoms with Crippen LogP contribution in [0.3, 0.4) is 0 Å². The first-order chi connectivity index (χ1) is 15.2. The van der Waals surface area contributed by atoms with Gasteiger partial charge < -0.3 is 19.8 Å². The number of hydrogen-bond donors (Lipinski definition) is 1. The highest BCUT2D eigenvalue weighted by atomic mass is 16.5.